The van der Waals surface area contributed by atoms with Crippen molar-refractivity contribution in [3.8, 4) is 0 Å². The van der Waals surface area contributed by atoms with Crippen LogP contribution in [0.2, 0.25) is 0 Å². The third-order valence-electron chi connectivity index (χ3n) is 4.35. The van der Waals surface area contributed by atoms with Gasteiger partial charge in [0.15, 0.2) is 5.76 Å². The van der Waals surface area contributed by atoms with E-state index in [0.29, 0.717) is 5.76 Å². The quantitative estimate of drug-likeness (QED) is 0.642. The van der Waals surface area contributed by atoms with Crippen LogP contribution in [-0.2, 0) is 9.53 Å². The summed E-state index contributed by atoms with van der Waals surface area (Å²) in [5.74, 6) is 0.265. The molecule has 1 amide bonds. The summed E-state index contributed by atoms with van der Waals surface area (Å²) in [6.45, 7) is 14.7. The van der Waals surface area contributed by atoms with Crippen molar-refractivity contribution in [2.45, 2.75) is 78.4 Å². The summed E-state index contributed by atoms with van der Waals surface area (Å²) >= 11 is 0. The molecule has 4 heteroatoms. The van der Waals surface area contributed by atoms with E-state index in [4.69, 9.17) is 4.74 Å². The number of likely N-dealkylation sites (tertiary alicyclic amines) is 1. The van der Waals surface area contributed by atoms with Gasteiger partial charge in [0.1, 0.15) is 0 Å². The van der Waals surface area contributed by atoms with Gasteiger partial charge in [0.25, 0.3) is 5.91 Å². The number of rotatable bonds is 3. The lowest BCUT2D eigenvalue weighted by atomic mass is 9.77. The second-order valence-corrected chi connectivity index (χ2v) is 6.62. The van der Waals surface area contributed by atoms with Crippen LogP contribution in [0.15, 0.2) is 11.8 Å². The second kappa shape index (κ2) is 7.83. The highest BCUT2D eigenvalue weighted by molar-refractivity contribution is 5.91. The van der Waals surface area contributed by atoms with E-state index in [1.165, 1.54) is 7.11 Å². The molecule has 0 spiro atoms. The lowest BCUT2D eigenvalue weighted by molar-refractivity contribution is -0.122. The number of carbonyl (C=O) groups excluding carboxylic acids is 1. The van der Waals surface area contributed by atoms with E-state index in [0.717, 1.165) is 12.8 Å². The first-order valence-corrected chi connectivity index (χ1v) is 7.89. The first-order valence-electron chi connectivity index (χ1n) is 7.89. The Balaban J connectivity index is 0.00000191. The van der Waals surface area contributed by atoms with Crippen LogP contribution >= 0.6 is 0 Å². The Morgan fingerprint density at radius 2 is 1.62 bits per heavy atom. The topological polar surface area (TPSA) is 41.6 Å². The van der Waals surface area contributed by atoms with E-state index in [9.17, 15) is 4.79 Å². The van der Waals surface area contributed by atoms with Crippen molar-refractivity contribution in [3.63, 3.8) is 0 Å². The molecule has 1 aliphatic rings. The fraction of sp³-hybridized carbons (Fsp3) is 0.824. The highest BCUT2D eigenvalue weighted by Crippen LogP contribution is 2.36. The molecular weight excluding hydrogens is 264 g/mol. The second-order valence-electron chi connectivity index (χ2n) is 6.62. The summed E-state index contributed by atoms with van der Waals surface area (Å²) in [6, 6.07) is 0.179. The Labute approximate surface area is 130 Å². The average Bonchev–Trinajstić information content (AvgIpc) is 2.39. The van der Waals surface area contributed by atoms with E-state index in [-0.39, 0.29) is 23.0 Å². The van der Waals surface area contributed by atoms with Crippen molar-refractivity contribution in [3.05, 3.63) is 11.8 Å². The summed E-state index contributed by atoms with van der Waals surface area (Å²) in [5, 5.41) is 3.09. The molecule has 1 aliphatic heterocycles. The molecule has 1 fully saturated rings. The largest absolute Gasteiger partial charge is 0.491 e. The van der Waals surface area contributed by atoms with E-state index >= 15 is 0 Å². The number of carbonyl (C=O) groups is 1. The van der Waals surface area contributed by atoms with Crippen molar-refractivity contribution < 1.29 is 9.53 Å². The van der Waals surface area contributed by atoms with Crippen molar-refractivity contribution in [1.82, 2.24) is 10.2 Å². The summed E-state index contributed by atoms with van der Waals surface area (Å²) < 4.78 is 5.07. The van der Waals surface area contributed by atoms with Crippen molar-refractivity contribution in [2.24, 2.45) is 0 Å². The number of piperidine rings is 1. The van der Waals surface area contributed by atoms with Gasteiger partial charge in [-0.3, -0.25) is 9.69 Å². The first-order chi connectivity index (χ1) is 9.64. The molecule has 1 saturated heterocycles. The van der Waals surface area contributed by atoms with Gasteiger partial charge in [-0.1, -0.05) is 13.8 Å². The van der Waals surface area contributed by atoms with Crippen molar-refractivity contribution in [2.75, 3.05) is 14.2 Å². The minimum atomic E-state index is -0.119. The van der Waals surface area contributed by atoms with Crippen LogP contribution in [0.4, 0.5) is 0 Å². The molecule has 1 N–H and O–H groups in total. The molecule has 0 saturated carbocycles. The van der Waals surface area contributed by atoms with Gasteiger partial charge < -0.3 is 10.1 Å². The summed E-state index contributed by atoms with van der Waals surface area (Å²) in [4.78, 5) is 14.5. The van der Waals surface area contributed by atoms with E-state index in [1.54, 1.807) is 13.0 Å². The monoisotopic (exact) mass is 298 g/mol. The number of ether oxygens (including phenoxy) is 1. The van der Waals surface area contributed by atoms with Gasteiger partial charge in [-0.05, 0) is 60.6 Å². The Kier molecular flexibility index (Phi) is 7.45. The van der Waals surface area contributed by atoms with Crippen LogP contribution in [0.5, 0.6) is 0 Å². The zero-order valence-electron chi connectivity index (χ0n) is 15.3. The van der Waals surface area contributed by atoms with Gasteiger partial charge in [-0.2, -0.15) is 0 Å². The van der Waals surface area contributed by atoms with E-state index in [1.807, 2.05) is 13.8 Å². The molecule has 1 rings (SSSR count). The molecule has 0 aromatic carbocycles. The van der Waals surface area contributed by atoms with Crippen LogP contribution in [0, 0.1) is 0 Å². The number of methoxy groups -OCH3 is 1. The molecule has 0 aliphatic carbocycles. The maximum Gasteiger partial charge on any atom is 0.286 e. The maximum atomic E-state index is 12.1. The minimum absolute atomic E-state index is 0.0723. The van der Waals surface area contributed by atoms with Gasteiger partial charge in [-0.25, -0.2) is 0 Å². The highest BCUT2D eigenvalue weighted by atomic mass is 16.5. The number of allylic oxidation sites excluding steroid dienone is 1. The summed E-state index contributed by atoms with van der Waals surface area (Å²) in [5.41, 5.74) is 0.145. The lowest BCUT2D eigenvalue weighted by Gasteiger charge is -2.53. The Morgan fingerprint density at radius 1 is 1.19 bits per heavy atom. The molecule has 0 aromatic heterocycles. The first kappa shape index (κ1) is 20.0. The predicted octanol–water partition coefficient (Wildman–Crippen LogP) is 3.33. The zero-order valence-corrected chi connectivity index (χ0v) is 15.3. The fourth-order valence-electron chi connectivity index (χ4n) is 3.07. The molecule has 1 heterocycles. The molecule has 0 atom stereocenters. The third kappa shape index (κ3) is 5.03. The number of amides is 1. The Bertz CT molecular complexity index is 355. The molecule has 0 aromatic rings. The Hall–Kier alpha value is -1.03. The maximum absolute atomic E-state index is 12.1. The fourth-order valence-corrected chi connectivity index (χ4v) is 3.07. The van der Waals surface area contributed by atoms with E-state index in [2.05, 4.69) is 45.0 Å². The highest BCUT2D eigenvalue weighted by Gasteiger charge is 2.43. The molecule has 4 nitrogen and oxygen atoms in total. The predicted molar refractivity (Wildman–Crippen MR) is 89.2 cm³/mol. The van der Waals surface area contributed by atoms with Crippen LogP contribution in [0.25, 0.3) is 0 Å². The number of nitrogens with one attached hydrogen (secondary N) is 1. The van der Waals surface area contributed by atoms with Crippen LogP contribution in [0.1, 0.15) is 61.3 Å². The third-order valence-corrected chi connectivity index (χ3v) is 4.35. The van der Waals surface area contributed by atoms with Crippen LogP contribution < -0.4 is 5.32 Å². The Morgan fingerprint density at radius 3 is 1.95 bits per heavy atom. The normalized spacial score (nSPS) is 22.0. The molecule has 0 unspecified atom stereocenters. The van der Waals surface area contributed by atoms with Crippen LogP contribution in [0.3, 0.4) is 0 Å². The molecular formula is C17H34N2O2. The van der Waals surface area contributed by atoms with Gasteiger partial charge in [-0.15, -0.1) is 0 Å². The van der Waals surface area contributed by atoms with Gasteiger partial charge in [0.2, 0.25) is 0 Å². The molecule has 0 bridgehead atoms. The van der Waals surface area contributed by atoms with Gasteiger partial charge in [0.05, 0.1) is 7.11 Å². The molecule has 0 radical (unpaired) electrons. The van der Waals surface area contributed by atoms with Gasteiger partial charge in [0, 0.05) is 17.1 Å². The minimum Gasteiger partial charge on any atom is -0.491 e. The number of hydrogen-bond donors (Lipinski definition) is 1. The number of nitrogens with zero attached hydrogens (tertiary/aromatic N) is 1. The smallest absolute Gasteiger partial charge is 0.286 e. The van der Waals surface area contributed by atoms with Gasteiger partial charge >= 0.3 is 0 Å². The lowest BCUT2D eigenvalue weighted by Crippen LogP contribution is -2.62. The van der Waals surface area contributed by atoms with E-state index < -0.39 is 0 Å². The van der Waals surface area contributed by atoms with Crippen LogP contribution in [-0.4, -0.2) is 42.1 Å². The number of hydrogen-bond acceptors (Lipinski definition) is 3. The zero-order chi connectivity index (χ0) is 16.8. The SMILES string of the molecule is C/C=C(\OC)C(=O)NC1CC(C)(C)N(C)C(C)(C)C1.CC. The summed E-state index contributed by atoms with van der Waals surface area (Å²) in [6.07, 6.45) is 3.58. The average molecular weight is 298 g/mol. The molecule has 21 heavy (non-hydrogen) atoms. The standard InChI is InChI=1S/C15H28N2O2.C2H6/c1-8-12(19-7)13(18)16-11-9-14(2,3)17(6)15(4,5)10-11;1-2/h8,11H,9-10H2,1-7H3,(H,16,18);1-2H3/b12-8-;. The van der Waals surface area contributed by atoms with Crippen molar-refractivity contribution >= 4 is 5.91 Å². The summed E-state index contributed by atoms with van der Waals surface area (Å²) in [7, 11) is 3.68. The van der Waals surface area contributed by atoms with Crippen molar-refractivity contribution in [1.29, 1.82) is 0 Å². The molecule has 124 valence electrons.